The van der Waals surface area contributed by atoms with E-state index in [0.29, 0.717) is 11.7 Å². The van der Waals surface area contributed by atoms with Gasteiger partial charge in [0, 0.05) is 5.39 Å². The lowest BCUT2D eigenvalue weighted by Crippen LogP contribution is -2.05. The second-order valence-electron chi connectivity index (χ2n) is 5.94. The van der Waals surface area contributed by atoms with E-state index in [9.17, 15) is 5.11 Å². The second kappa shape index (κ2) is 7.26. The lowest BCUT2D eigenvalue weighted by molar-refractivity contribution is 0.120. The molecule has 0 aromatic heterocycles. The molecule has 0 aliphatic carbocycles. The first kappa shape index (κ1) is 16.2. The maximum atomic E-state index is 9.90. The first-order valence-corrected chi connectivity index (χ1v) is 8.24. The average molecular weight is 322 g/mol. The molecule has 0 heterocycles. The minimum atomic E-state index is 0.127. The highest BCUT2D eigenvalue weighted by molar-refractivity contribution is 5.89. The lowest BCUT2D eigenvalue weighted by Gasteiger charge is -2.12. The molecule has 3 aromatic rings. The van der Waals surface area contributed by atoms with Crippen LogP contribution in [0.1, 0.15) is 31.7 Å². The molecule has 3 heteroatoms. The zero-order chi connectivity index (χ0) is 16.9. The molecule has 3 aromatic carbocycles. The van der Waals surface area contributed by atoms with Gasteiger partial charge in [-0.15, -0.1) is 0 Å². The van der Waals surface area contributed by atoms with Crippen molar-refractivity contribution in [2.45, 2.75) is 26.2 Å². The van der Waals surface area contributed by atoms with E-state index < -0.39 is 0 Å². The Balaban J connectivity index is 1.61. The molecule has 0 aliphatic rings. The molecular weight excluding hydrogens is 300 g/mol. The van der Waals surface area contributed by atoms with Gasteiger partial charge in [0.15, 0.2) is 0 Å². The first-order valence-electron chi connectivity index (χ1n) is 8.24. The van der Waals surface area contributed by atoms with Crippen molar-refractivity contribution in [2.24, 2.45) is 0 Å². The zero-order valence-electron chi connectivity index (χ0n) is 14.0. The van der Waals surface area contributed by atoms with E-state index in [0.717, 1.165) is 22.9 Å². The summed E-state index contributed by atoms with van der Waals surface area (Å²) in [5.41, 5.74) is 1.32. The Morgan fingerprint density at radius 3 is 2.38 bits per heavy atom. The van der Waals surface area contributed by atoms with Crippen LogP contribution in [0.5, 0.6) is 17.2 Å². The van der Waals surface area contributed by atoms with Gasteiger partial charge in [-0.2, -0.15) is 0 Å². The van der Waals surface area contributed by atoms with Gasteiger partial charge in [-0.25, -0.2) is 0 Å². The summed E-state index contributed by atoms with van der Waals surface area (Å²) >= 11 is 0. The van der Waals surface area contributed by atoms with Crippen LogP contribution in [-0.4, -0.2) is 11.9 Å². The van der Waals surface area contributed by atoms with Crippen LogP contribution in [0.25, 0.3) is 10.8 Å². The SMILES string of the molecule is CCC(C)c1ccc(OCOc2ccc3cccc(O)c3c2)cc1. The third-order valence-electron chi connectivity index (χ3n) is 4.34. The number of rotatable bonds is 6. The van der Waals surface area contributed by atoms with Gasteiger partial charge >= 0.3 is 0 Å². The van der Waals surface area contributed by atoms with Crippen LogP contribution in [0.15, 0.2) is 60.7 Å². The van der Waals surface area contributed by atoms with Crippen LogP contribution in [0, 0.1) is 0 Å². The van der Waals surface area contributed by atoms with Crippen LogP contribution >= 0.6 is 0 Å². The summed E-state index contributed by atoms with van der Waals surface area (Å²) < 4.78 is 11.3. The Bertz CT molecular complexity index is 809. The Kier molecular flexibility index (Phi) is 4.90. The summed E-state index contributed by atoms with van der Waals surface area (Å²) in [6, 6.07) is 19.2. The fourth-order valence-corrected chi connectivity index (χ4v) is 2.62. The molecule has 124 valence electrons. The van der Waals surface area contributed by atoms with E-state index in [1.165, 1.54) is 5.56 Å². The summed E-state index contributed by atoms with van der Waals surface area (Å²) in [5.74, 6) is 2.26. The van der Waals surface area contributed by atoms with Crippen molar-refractivity contribution in [2.75, 3.05) is 6.79 Å². The lowest BCUT2D eigenvalue weighted by atomic mass is 9.99. The molecule has 0 amide bonds. The quantitative estimate of drug-likeness (QED) is 0.611. The van der Waals surface area contributed by atoms with Gasteiger partial charge in [0.1, 0.15) is 17.2 Å². The number of fused-ring (bicyclic) bond motifs is 1. The first-order chi connectivity index (χ1) is 11.7. The molecule has 3 nitrogen and oxygen atoms in total. The fourth-order valence-electron chi connectivity index (χ4n) is 2.62. The third kappa shape index (κ3) is 3.62. The van der Waals surface area contributed by atoms with Crippen molar-refractivity contribution in [3.63, 3.8) is 0 Å². The number of phenols is 1. The van der Waals surface area contributed by atoms with Crippen molar-refractivity contribution in [3.05, 3.63) is 66.2 Å². The molecule has 0 radical (unpaired) electrons. The van der Waals surface area contributed by atoms with Crippen LogP contribution in [-0.2, 0) is 0 Å². The van der Waals surface area contributed by atoms with Gasteiger partial charge in [0.2, 0.25) is 6.79 Å². The van der Waals surface area contributed by atoms with Crippen molar-refractivity contribution < 1.29 is 14.6 Å². The molecule has 24 heavy (non-hydrogen) atoms. The van der Waals surface area contributed by atoms with E-state index >= 15 is 0 Å². The Hall–Kier alpha value is -2.68. The topological polar surface area (TPSA) is 38.7 Å². The molecule has 0 aliphatic heterocycles. The van der Waals surface area contributed by atoms with Crippen molar-refractivity contribution in [3.8, 4) is 17.2 Å². The van der Waals surface area contributed by atoms with Gasteiger partial charge in [-0.1, -0.05) is 44.2 Å². The molecular formula is C21H22O3. The van der Waals surface area contributed by atoms with E-state index in [-0.39, 0.29) is 12.5 Å². The molecule has 1 N–H and O–H groups in total. The van der Waals surface area contributed by atoms with E-state index in [1.807, 2.05) is 42.5 Å². The fraction of sp³-hybridized carbons (Fsp3) is 0.238. The van der Waals surface area contributed by atoms with Crippen LogP contribution < -0.4 is 9.47 Å². The van der Waals surface area contributed by atoms with Gasteiger partial charge in [0.05, 0.1) is 0 Å². The number of aromatic hydroxyl groups is 1. The van der Waals surface area contributed by atoms with Gasteiger partial charge < -0.3 is 14.6 Å². The van der Waals surface area contributed by atoms with Crippen molar-refractivity contribution in [1.29, 1.82) is 0 Å². The van der Waals surface area contributed by atoms with Crippen molar-refractivity contribution >= 4 is 10.8 Å². The third-order valence-corrected chi connectivity index (χ3v) is 4.34. The molecule has 3 rings (SSSR count). The zero-order valence-corrected chi connectivity index (χ0v) is 14.0. The summed E-state index contributed by atoms with van der Waals surface area (Å²) in [6.07, 6.45) is 1.12. The minimum absolute atomic E-state index is 0.127. The Morgan fingerprint density at radius 1 is 0.917 bits per heavy atom. The normalized spacial score (nSPS) is 12.1. The average Bonchev–Trinajstić information content (AvgIpc) is 2.62. The van der Waals surface area contributed by atoms with Crippen LogP contribution in [0.2, 0.25) is 0 Å². The molecule has 1 atom stereocenters. The maximum Gasteiger partial charge on any atom is 0.230 e. The summed E-state index contributed by atoms with van der Waals surface area (Å²) in [7, 11) is 0. The summed E-state index contributed by atoms with van der Waals surface area (Å²) in [4.78, 5) is 0. The molecule has 1 unspecified atom stereocenters. The molecule has 0 saturated heterocycles. The van der Waals surface area contributed by atoms with Gasteiger partial charge in [0.25, 0.3) is 0 Å². The molecule has 0 bridgehead atoms. The number of ether oxygens (including phenoxy) is 2. The predicted octanol–water partition coefficient (Wildman–Crippen LogP) is 5.47. The molecule has 0 saturated carbocycles. The maximum absolute atomic E-state index is 9.90. The highest BCUT2D eigenvalue weighted by Gasteiger charge is 2.04. The number of phenolic OH excluding ortho intramolecular Hbond substituents is 1. The molecule has 0 fully saturated rings. The van der Waals surface area contributed by atoms with Gasteiger partial charge in [-0.3, -0.25) is 0 Å². The van der Waals surface area contributed by atoms with E-state index in [4.69, 9.17) is 9.47 Å². The van der Waals surface area contributed by atoms with Crippen molar-refractivity contribution in [1.82, 2.24) is 0 Å². The predicted molar refractivity (Wildman–Crippen MR) is 96.9 cm³/mol. The van der Waals surface area contributed by atoms with Crippen LogP contribution in [0.3, 0.4) is 0 Å². The highest BCUT2D eigenvalue weighted by atomic mass is 16.7. The Morgan fingerprint density at radius 2 is 1.62 bits per heavy atom. The second-order valence-corrected chi connectivity index (χ2v) is 5.94. The van der Waals surface area contributed by atoms with Gasteiger partial charge in [-0.05, 0) is 53.6 Å². The summed E-state index contributed by atoms with van der Waals surface area (Å²) in [6.45, 7) is 4.53. The van der Waals surface area contributed by atoms with E-state index in [2.05, 4.69) is 26.0 Å². The molecule has 0 spiro atoms. The smallest absolute Gasteiger partial charge is 0.230 e. The summed E-state index contributed by atoms with van der Waals surface area (Å²) in [5, 5.41) is 11.7. The number of hydrogen-bond acceptors (Lipinski definition) is 3. The van der Waals surface area contributed by atoms with Crippen LogP contribution in [0.4, 0.5) is 0 Å². The Labute approximate surface area is 142 Å². The number of benzene rings is 3. The number of hydrogen-bond donors (Lipinski definition) is 1. The monoisotopic (exact) mass is 322 g/mol. The van der Waals surface area contributed by atoms with E-state index in [1.54, 1.807) is 6.07 Å². The largest absolute Gasteiger partial charge is 0.507 e. The minimum Gasteiger partial charge on any atom is -0.507 e. The standard InChI is InChI=1S/C21H22O3/c1-3-15(2)16-7-10-18(11-8-16)23-14-24-19-12-9-17-5-4-6-21(22)20(17)13-19/h4-13,15,22H,3,14H2,1-2H3. The highest BCUT2D eigenvalue weighted by Crippen LogP contribution is 2.28.